The monoisotopic (exact) mass is 450 g/mol. The summed E-state index contributed by atoms with van der Waals surface area (Å²) in [6.45, 7) is 12.5. The zero-order valence-corrected chi connectivity index (χ0v) is 21.6. The number of rotatable bonds is 5. The maximum atomic E-state index is 11.7. The second-order valence-corrected chi connectivity index (χ2v) is 9.81. The van der Waals surface area contributed by atoms with Gasteiger partial charge in [0, 0.05) is 39.2 Å². The van der Waals surface area contributed by atoms with Gasteiger partial charge in [0.25, 0.3) is 5.91 Å². The van der Waals surface area contributed by atoms with Crippen LogP contribution in [-0.2, 0) is 4.79 Å². The number of nitrogens with zero attached hydrogens (tertiary/aromatic N) is 2. The SMILES string of the molecule is CC(C)c1ccc(C(=O)N(C)C)cc1.CCC(=O)N1CCC(c2ccc(C(C)C)cc2)CC1. The summed E-state index contributed by atoms with van der Waals surface area (Å²) in [7, 11) is 3.53. The second kappa shape index (κ2) is 12.6. The minimum Gasteiger partial charge on any atom is -0.345 e. The Hall–Kier alpha value is -2.62. The van der Waals surface area contributed by atoms with Gasteiger partial charge in [0.05, 0.1) is 0 Å². The van der Waals surface area contributed by atoms with E-state index in [-0.39, 0.29) is 5.91 Å². The molecule has 4 heteroatoms. The normalized spacial score (nSPS) is 14.2. The summed E-state index contributed by atoms with van der Waals surface area (Å²) in [5, 5.41) is 0. The van der Waals surface area contributed by atoms with Crippen molar-refractivity contribution in [3.05, 3.63) is 70.8 Å². The number of hydrogen-bond acceptors (Lipinski definition) is 2. The average Bonchev–Trinajstić information content (AvgIpc) is 2.83. The molecule has 1 fully saturated rings. The van der Waals surface area contributed by atoms with Crippen molar-refractivity contribution in [3.63, 3.8) is 0 Å². The first-order valence-electron chi connectivity index (χ1n) is 12.3. The Morgan fingerprint density at radius 2 is 1.30 bits per heavy atom. The van der Waals surface area contributed by atoms with Crippen molar-refractivity contribution >= 4 is 11.8 Å². The molecular weight excluding hydrogens is 408 g/mol. The zero-order valence-electron chi connectivity index (χ0n) is 21.6. The van der Waals surface area contributed by atoms with Crippen molar-refractivity contribution in [2.75, 3.05) is 27.2 Å². The molecule has 0 spiro atoms. The van der Waals surface area contributed by atoms with E-state index in [2.05, 4.69) is 52.0 Å². The molecule has 0 aromatic heterocycles. The first-order chi connectivity index (χ1) is 15.6. The number of likely N-dealkylation sites (tertiary alicyclic amines) is 1. The van der Waals surface area contributed by atoms with E-state index < -0.39 is 0 Å². The molecule has 0 N–H and O–H groups in total. The molecule has 33 heavy (non-hydrogen) atoms. The summed E-state index contributed by atoms with van der Waals surface area (Å²) in [5.74, 6) is 2.09. The van der Waals surface area contributed by atoms with Crippen LogP contribution in [0.5, 0.6) is 0 Å². The number of hydrogen-bond donors (Lipinski definition) is 0. The summed E-state index contributed by atoms with van der Waals surface area (Å²) in [6.07, 6.45) is 2.84. The maximum absolute atomic E-state index is 11.7. The zero-order chi connectivity index (χ0) is 24.5. The predicted octanol–water partition coefficient (Wildman–Crippen LogP) is 6.44. The quantitative estimate of drug-likeness (QED) is 0.526. The fraction of sp³-hybridized carbons (Fsp3) is 0.517. The molecule has 0 aliphatic carbocycles. The van der Waals surface area contributed by atoms with Gasteiger partial charge in [-0.15, -0.1) is 0 Å². The summed E-state index contributed by atoms with van der Waals surface area (Å²) < 4.78 is 0. The van der Waals surface area contributed by atoms with Gasteiger partial charge in [-0.05, 0) is 59.4 Å². The highest BCUT2D eigenvalue weighted by atomic mass is 16.2. The number of piperidine rings is 1. The van der Waals surface area contributed by atoms with Crippen LogP contribution in [0.2, 0.25) is 0 Å². The highest BCUT2D eigenvalue weighted by Gasteiger charge is 2.22. The maximum Gasteiger partial charge on any atom is 0.253 e. The third-order valence-electron chi connectivity index (χ3n) is 6.46. The van der Waals surface area contributed by atoms with Gasteiger partial charge < -0.3 is 9.80 Å². The van der Waals surface area contributed by atoms with Crippen LogP contribution in [0.15, 0.2) is 48.5 Å². The van der Waals surface area contributed by atoms with Crippen LogP contribution in [-0.4, -0.2) is 48.8 Å². The number of amides is 2. The molecule has 2 aromatic rings. The Labute approximate surface area is 201 Å². The predicted molar refractivity (Wildman–Crippen MR) is 138 cm³/mol. The molecule has 0 unspecified atom stereocenters. The third-order valence-corrected chi connectivity index (χ3v) is 6.46. The van der Waals surface area contributed by atoms with Crippen molar-refractivity contribution in [1.29, 1.82) is 0 Å². The third kappa shape index (κ3) is 7.73. The summed E-state index contributed by atoms with van der Waals surface area (Å²) in [6, 6.07) is 16.9. The second-order valence-electron chi connectivity index (χ2n) is 9.81. The van der Waals surface area contributed by atoms with Gasteiger partial charge >= 0.3 is 0 Å². The van der Waals surface area contributed by atoms with E-state index in [1.807, 2.05) is 36.1 Å². The Morgan fingerprint density at radius 1 is 0.848 bits per heavy atom. The lowest BCUT2D eigenvalue weighted by atomic mass is 9.88. The minimum absolute atomic E-state index is 0.0558. The van der Waals surface area contributed by atoms with Crippen LogP contribution in [0.3, 0.4) is 0 Å². The van der Waals surface area contributed by atoms with E-state index in [1.165, 1.54) is 16.7 Å². The molecule has 4 nitrogen and oxygen atoms in total. The van der Waals surface area contributed by atoms with Crippen LogP contribution in [0.25, 0.3) is 0 Å². The fourth-order valence-corrected chi connectivity index (χ4v) is 4.11. The average molecular weight is 451 g/mol. The Balaban J connectivity index is 0.000000245. The summed E-state index contributed by atoms with van der Waals surface area (Å²) in [4.78, 5) is 26.8. The molecule has 180 valence electrons. The van der Waals surface area contributed by atoms with E-state index in [1.54, 1.807) is 19.0 Å². The van der Waals surface area contributed by atoms with E-state index in [9.17, 15) is 9.59 Å². The fourth-order valence-electron chi connectivity index (χ4n) is 4.11. The van der Waals surface area contributed by atoms with E-state index in [0.29, 0.717) is 30.1 Å². The highest BCUT2D eigenvalue weighted by molar-refractivity contribution is 5.93. The number of carbonyl (C=O) groups excluding carboxylic acids is 2. The topological polar surface area (TPSA) is 40.6 Å². The smallest absolute Gasteiger partial charge is 0.253 e. The number of benzene rings is 2. The molecule has 0 bridgehead atoms. The first kappa shape index (κ1) is 26.6. The van der Waals surface area contributed by atoms with Crippen LogP contribution in [0.4, 0.5) is 0 Å². The molecule has 3 rings (SSSR count). The molecule has 2 amide bonds. The lowest BCUT2D eigenvalue weighted by Gasteiger charge is -2.32. The van der Waals surface area contributed by atoms with Crippen molar-refractivity contribution in [3.8, 4) is 0 Å². The largest absolute Gasteiger partial charge is 0.345 e. The lowest BCUT2D eigenvalue weighted by Crippen LogP contribution is -2.37. The van der Waals surface area contributed by atoms with Crippen molar-refractivity contribution in [2.24, 2.45) is 0 Å². The molecule has 1 heterocycles. The van der Waals surface area contributed by atoms with Crippen LogP contribution < -0.4 is 0 Å². The Morgan fingerprint density at radius 3 is 1.70 bits per heavy atom. The minimum atomic E-state index is 0.0558. The van der Waals surface area contributed by atoms with E-state index in [0.717, 1.165) is 31.5 Å². The standard InChI is InChI=1S/C17H25NO.C12H17NO/c1-4-17(19)18-11-9-16(10-12-18)15-7-5-14(6-8-15)13(2)3;1-9(2)10-5-7-11(8-6-10)12(14)13(3)4/h5-8,13,16H,4,9-12H2,1-3H3;5-9H,1-4H3. The number of carbonyl (C=O) groups is 2. The molecule has 0 saturated carbocycles. The lowest BCUT2D eigenvalue weighted by molar-refractivity contribution is -0.131. The molecule has 1 aliphatic heterocycles. The van der Waals surface area contributed by atoms with Gasteiger partial charge in [0.15, 0.2) is 0 Å². The van der Waals surface area contributed by atoms with Gasteiger partial charge in [-0.25, -0.2) is 0 Å². The van der Waals surface area contributed by atoms with Crippen molar-refractivity contribution in [2.45, 2.75) is 71.6 Å². The van der Waals surface area contributed by atoms with Gasteiger partial charge in [-0.1, -0.05) is 71.0 Å². The van der Waals surface area contributed by atoms with E-state index in [4.69, 9.17) is 0 Å². The Kier molecular flexibility index (Phi) is 10.1. The molecule has 0 atom stereocenters. The summed E-state index contributed by atoms with van der Waals surface area (Å²) >= 11 is 0. The van der Waals surface area contributed by atoms with Gasteiger partial charge in [0.1, 0.15) is 0 Å². The van der Waals surface area contributed by atoms with Crippen LogP contribution in [0.1, 0.15) is 98.7 Å². The van der Waals surface area contributed by atoms with E-state index >= 15 is 0 Å². The summed E-state index contributed by atoms with van der Waals surface area (Å²) in [5.41, 5.74) is 4.86. The molecule has 1 saturated heterocycles. The molecule has 2 aromatic carbocycles. The molecule has 1 aliphatic rings. The first-order valence-corrected chi connectivity index (χ1v) is 12.3. The Bertz CT molecular complexity index is 875. The van der Waals surface area contributed by atoms with Gasteiger partial charge in [-0.2, -0.15) is 0 Å². The highest BCUT2D eigenvalue weighted by Crippen LogP contribution is 2.29. The van der Waals surface area contributed by atoms with Crippen LogP contribution >= 0.6 is 0 Å². The molecule has 0 radical (unpaired) electrons. The van der Waals surface area contributed by atoms with Gasteiger partial charge in [0.2, 0.25) is 5.91 Å². The van der Waals surface area contributed by atoms with Gasteiger partial charge in [-0.3, -0.25) is 9.59 Å². The van der Waals surface area contributed by atoms with Crippen LogP contribution in [0, 0.1) is 0 Å². The van der Waals surface area contributed by atoms with Crippen molar-refractivity contribution < 1.29 is 9.59 Å². The van der Waals surface area contributed by atoms with Crippen molar-refractivity contribution in [1.82, 2.24) is 9.80 Å². The molecular formula is C29H42N2O2.